The van der Waals surface area contributed by atoms with Crippen molar-refractivity contribution in [2.75, 3.05) is 31.9 Å². The lowest BCUT2D eigenvalue weighted by molar-refractivity contribution is -0.274. The maximum Gasteiger partial charge on any atom is 0.573 e. The molecule has 2 N–H and O–H groups in total. The number of aryl methyl sites for hydroxylation is 1. The monoisotopic (exact) mass is 514 g/mol. The van der Waals surface area contributed by atoms with Crippen LogP contribution in [0.1, 0.15) is 36.8 Å². The van der Waals surface area contributed by atoms with Crippen molar-refractivity contribution in [3.63, 3.8) is 0 Å². The van der Waals surface area contributed by atoms with Gasteiger partial charge in [0.2, 0.25) is 0 Å². The number of benzene rings is 1. The van der Waals surface area contributed by atoms with Gasteiger partial charge in [0, 0.05) is 55.1 Å². The summed E-state index contributed by atoms with van der Waals surface area (Å²) in [5, 5.41) is 0. The molecule has 1 amide bonds. The predicted molar refractivity (Wildman–Crippen MR) is 134 cm³/mol. The zero-order valence-electron chi connectivity index (χ0n) is 20.9. The van der Waals surface area contributed by atoms with E-state index in [0.29, 0.717) is 72.5 Å². The number of aromatic nitrogens is 3. The second-order valence-corrected chi connectivity index (χ2v) is 9.05. The maximum absolute atomic E-state index is 13.4. The van der Waals surface area contributed by atoms with Crippen molar-refractivity contribution in [2.24, 2.45) is 0 Å². The molecule has 0 spiro atoms. The number of nitrogens with zero attached hydrogens (tertiary/aromatic N) is 5. The van der Waals surface area contributed by atoms with E-state index in [-0.39, 0.29) is 5.56 Å². The number of hydrogen-bond donors (Lipinski definition) is 1. The molecule has 0 aliphatic carbocycles. The number of ether oxygens (including phenoxy) is 1. The third-order valence-corrected chi connectivity index (χ3v) is 6.38. The van der Waals surface area contributed by atoms with Crippen LogP contribution in [0.2, 0.25) is 0 Å². The van der Waals surface area contributed by atoms with Crippen LogP contribution in [0.3, 0.4) is 0 Å². The van der Waals surface area contributed by atoms with Gasteiger partial charge in [-0.25, -0.2) is 15.0 Å². The van der Waals surface area contributed by atoms with Crippen LogP contribution in [-0.2, 0) is 6.42 Å². The molecule has 3 aromatic rings. The highest BCUT2D eigenvalue weighted by molar-refractivity contribution is 5.98. The van der Waals surface area contributed by atoms with E-state index in [1.807, 2.05) is 6.92 Å². The van der Waals surface area contributed by atoms with E-state index >= 15 is 0 Å². The Balaban J connectivity index is 1.76. The van der Waals surface area contributed by atoms with Crippen LogP contribution in [0.4, 0.5) is 19.0 Å². The van der Waals surface area contributed by atoms with Gasteiger partial charge in [-0.05, 0) is 44.5 Å². The van der Waals surface area contributed by atoms with E-state index in [4.69, 9.17) is 5.73 Å². The number of pyridine rings is 1. The number of carbonyl (C=O) groups is 1. The quantitative estimate of drug-likeness (QED) is 0.520. The number of anilines is 1. The number of rotatable bonds is 6. The molecule has 1 saturated heterocycles. The average Bonchev–Trinajstić information content (AvgIpc) is 2.87. The van der Waals surface area contributed by atoms with Gasteiger partial charge in [0.05, 0.1) is 17.0 Å². The molecule has 0 atom stereocenters. The highest BCUT2D eigenvalue weighted by Crippen LogP contribution is 2.37. The zero-order chi connectivity index (χ0) is 26.7. The summed E-state index contributed by atoms with van der Waals surface area (Å²) in [4.78, 5) is 29.9. The number of amides is 1. The van der Waals surface area contributed by atoms with Crippen LogP contribution in [0.15, 0.2) is 42.9 Å². The Kier molecular flexibility index (Phi) is 7.63. The van der Waals surface area contributed by atoms with Gasteiger partial charge < -0.3 is 15.4 Å². The first kappa shape index (κ1) is 26.3. The predicted octanol–water partition coefficient (Wildman–Crippen LogP) is 4.42. The van der Waals surface area contributed by atoms with Gasteiger partial charge in [-0.1, -0.05) is 13.0 Å². The molecule has 1 fully saturated rings. The molecule has 1 aliphatic heterocycles. The summed E-state index contributed by atoms with van der Waals surface area (Å²) in [6.07, 6.45) is -1.49. The molecule has 11 heteroatoms. The normalized spacial score (nSPS) is 14.7. The molecule has 8 nitrogen and oxygen atoms in total. The molecule has 1 aliphatic rings. The standard InChI is InChI=1S/C26H29F3N6O2/c1-4-20-23(18-6-8-22(30)31-14-18)24(33-15-32-20)17-5-7-19(21(13-17)37-26(27,28)29)25(36)35-11-9-34(10-12-35)16(2)3/h5-8,13-16H,4,9-12H2,1-3H3,(H2,30,31). The van der Waals surface area contributed by atoms with E-state index in [9.17, 15) is 18.0 Å². The number of nitrogens with two attached hydrogens (primary N) is 1. The van der Waals surface area contributed by atoms with Gasteiger partial charge in [0.25, 0.3) is 5.91 Å². The first-order valence-electron chi connectivity index (χ1n) is 12.1. The van der Waals surface area contributed by atoms with Gasteiger partial charge in [-0.3, -0.25) is 9.69 Å². The first-order valence-corrected chi connectivity index (χ1v) is 12.1. The Hall–Kier alpha value is -3.73. The summed E-state index contributed by atoms with van der Waals surface area (Å²) < 4.78 is 44.6. The van der Waals surface area contributed by atoms with Gasteiger partial charge in [-0.15, -0.1) is 13.2 Å². The minimum absolute atomic E-state index is 0.153. The van der Waals surface area contributed by atoms with Crippen LogP contribution in [-0.4, -0.2) is 69.2 Å². The van der Waals surface area contributed by atoms with E-state index in [1.165, 1.54) is 18.5 Å². The fourth-order valence-electron chi connectivity index (χ4n) is 4.43. The maximum atomic E-state index is 13.4. The van der Waals surface area contributed by atoms with Crippen molar-refractivity contribution < 1.29 is 22.7 Å². The van der Waals surface area contributed by atoms with Crippen LogP contribution >= 0.6 is 0 Å². The van der Waals surface area contributed by atoms with Crippen LogP contribution in [0, 0.1) is 0 Å². The van der Waals surface area contributed by atoms with Gasteiger partial charge in [-0.2, -0.15) is 0 Å². The largest absolute Gasteiger partial charge is 0.573 e. The number of piperazine rings is 1. The number of halogens is 3. The molecule has 37 heavy (non-hydrogen) atoms. The van der Waals surface area contributed by atoms with Crippen LogP contribution in [0.5, 0.6) is 5.75 Å². The van der Waals surface area contributed by atoms with Crippen molar-refractivity contribution >= 4 is 11.7 Å². The van der Waals surface area contributed by atoms with E-state index in [2.05, 4.69) is 38.4 Å². The molecule has 196 valence electrons. The number of alkyl halides is 3. The molecular formula is C26H29F3N6O2. The minimum atomic E-state index is -4.98. The molecule has 4 rings (SSSR count). The minimum Gasteiger partial charge on any atom is -0.405 e. The lowest BCUT2D eigenvalue weighted by Gasteiger charge is -2.37. The Morgan fingerprint density at radius 2 is 1.76 bits per heavy atom. The fraction of sp³-hybridized carbons (Fsp3) is 0.385. The van der Waals surface area contributed by atoms with E-state index < -0.39 is 18.0 Å². The van der Waals surface area contributed by atoms with E-state index in [0.717, 1.165) is 0 Å². The van der Waals surface area contributed by atoms with Crippen LogP contribution in [0.25, 0.3) is 22.4 Å². The van der Waals surface area contributed by atoms with Gasteiger partial charge in [0.15, 0.2) is 0 Å². The molecule has 0 unspecified atom stereocenters. The molecular weight excluding hydrogens is 485 g/mol. The molecule has 1 aromatic carbocycles. The summed E-state index contributed by atoms with van der Waals surface area (Å²) in [5.74, 6) is -0.744. The highest BCUT2D eigenvalue weighted by Gasteiger charge is 2.34. The third kappa shape index (κ3) is 5.99. The summed E-state index contributed by atoms with van der Waals surface area (Å²) >= 11 is 0. The average molecular weight is 515 g/mol. The SMILES string of the molecule is CCc1ncnc(-c2ccc(C(=O)N3CCN(C(C)C)CC3)c(OC(F)(F)F)c2)c1-c1ccc(N)nc1. The topological polar surface area (TPSA) is 97.5 Å². The number of nitrogen functional groups attached to an aromatic ring is 1. The third-order valence-electron chi connectivity index (χ3n) is 6.38. The Morgan fingerprint density at radius 1 is 1.05 bits per heavy atom. The number of hydrogen-bond acceptors (Lipinski definition) is 7. The van der Waals surface area contributed by atoms with Crippen molar-refractivity contribution in [1.82, 2.24) is 24.8 Å². The summed E-state index contributed by atoms with van der Waals surface area (Å²) in [6.45, 7) is 8.19. The lowest BCUT2D eigenvalue weighted by atomic mass is 9.96. The number of carbonyl (C=O) groups excluding carboxylic acids is 1. The second-order valence-electron chi connectivity index (χ2n) is 9.05. The Labute approximate surface area is 213 Å². The van der Waals surface area contributed by atoms with Crippen molar-refractivity contribution in [2.45, 2.75) is 39.6 Å². The highest BCUT2D eigenvalue weighted by atomic mass is 19.4. The molecule has 0 bridgehead atoms. The summed E-state index contributed by atoms with van der Waals surface area (Å²) in [5.41, 5.74) is 8.31. The zero-order valence-corrected chi connectivity index (χ0v) is 20.9. The van der Waals surface area contributed by atoms with Crippen LogP contribution < -0.4 is 10.5 Å². The van der Waals surface area contributed by atoms with Gasteiger partial charge >= 0.3 is 6.36 Å². The van der Waals surface area contributed by atoms with Crippen molar-refractivity contribution in [1.29, 1.82) is 0 Å². The van der Waals surface area contributed by atoms with Crippen molar-refractivity contribution in [3.05, 3.63) is 54.1 Å². The first-order chi connectivity index (χ1) is 17.6. The Bertz CT molecular complexity index is 1260. The fourth-order valence-corrected chi connectivity index (χ4v) is 4.43. The van der Waals surface area contributed by atoms with Gasteiger partial charge in [0.1, 0.15) is 17.9 Å². The second kappa shape index (κ2) is 10.7. The molecule has 0 saturated carbocycles. The molecule has 0 radical (unpaired) electrons. The smallest absolute Gasteiger partial charge is 0.405 e. The lowest BCUT2D eigenvalue weighted by Crippen LogP contribution is -2.50. The van der Waals surface area contributed by atoms with Crippen molar-refractivity contribution in [3.8, 4) is 28.1 Å². The Morgan fingerprint density at radius 3 is 2.35 bits per heavy atom. The molecule has 3 heterocycles. The molecule has 2 aromatic heterocycles. The summed E-state index contributed by atoms with van der Waals surface area (Å²) in [6, 6.07) is 7.87. The van der Waals surface area contributed by atoms with E-state index in [1.54, 1.807) is 29.3 Å². The summed E-state index contributed by atoms with van der Waals surface area (Å²) in [7, 11) is 0.